The van der Waals surface area contributed by atoms with Gasteiger partial charge in [-0.2, -0.15) is 0 Å². The van der Waals surface area contributed by atoms with E-state index in [2.05, 4.69) is 20.6 Å². The molecule has 3 rings (SSSR count). The Bertz CT molecular complexity index is 963. The summed E-state index contributed by atoms with van der Waals surface area (Å²) in [7, 11) is 1.34. The van der Waals surface area contributed by atoms with Crippen LogP contribution in [-0.4, -0.2) is 42.0 Å². The maximum Gasteiger partial charge on any atom is 0.337 e. The van der Waals surface area contributed by atoms with Gasteiger partial charge in [-0.15, -0.1) is 0 Å². The first-order chi connectivity index (χ1) is 15.2. The Morgan fingerprint density at radius 3 is 2.32 bits per heavy atom. The first-order valence-electron chi connectivity index (χ1n) is 10.1. The van der Waals surface area contributed by atoms with Crippen LogP contribution in [0.2, 0.25) is 0 Å². The Balaban J connectivity index is 1.65. The molecule has 0 spiro atoms. The van der Waals surface area contributed by atoms with E-state index in [1.807, 2.05) is 30.5 Å². The third-order valence-corrected chi connectivity index (χ3v) is 4.87. The van der Waals surface area contributed by atoms with Crippen molar-refractivity contribution in [1.82, 2.24) is 20.6 Å². The standard InChI is InChI=1S/C24H26N4O3/c1-31-24(30)21-6-4-20(5-7-21)22(27-15-11-19-3-2-12-26-17-19)23(29)28-16-10-18-8-13-25-14-9-18/h2-9,12-14,17,22,27H,10-11,15-16H2,1H3,(H,28,29). The molecule has 1 amide bonds. The van der Waals surface area contributed by atoms with E-state index in [0.717, 1.165) is 29.5 Å². The topological polar surface area (TPSA) is 93.2 Å². The highest BCUT2D eigenvalue weighted by molar-refractivity contribution is 5.89. The summed E-state index contributed by atoms with van der Waals surface area (Å²) in [6, 6.07) is 14.1. The maximum atomic E-state index is 13.0. The van der Waals surface area contributed by atoms with Crippen LogP contribution in [-0.2, 0) is 22.4 Å². The van der Waals surface area contributed by atoms with Gasteiger partial charge < -0.3 is 15.4 Å². The average molecular weight is 418 g/mol. The number of ether oxygens (including phenoxy) is 1. The molecule has 2 aromatic heterocycles. The van der Waals surface area contributed by atoms with Crippen LogP contribution in [0.3, 0.4) is 0 Å². The summed E-state index contributed by atoms with van der Waals surface area (Å²) in [5, 5.41) is 6.33. The molecule has 0 bridgehead atoms. The number of nitrogens with zero attached hydrogens (tertiary/aromatic N) is 2. The Morgan fingerprint density at radius 2 is 1.65 bits per heavy atom. The fourth-order valence-electron chi connectivity index (χ4n) is 3.18. The first kappa shape index (κ1) is 22.1. The molecular weight excluding hydrogens is 392 g/mol. The second-order valence-electron chi connectivity index (χ2n) is 7.01. The van der Waals surface area contributed by atoms with Crippen LogP contribution < -0.4 is 10.6 Å². The molecule has 7 heteroatoms. The molecule has 0 aliphatic carbocycles. The average Bonchev–Trinajstić information content (AvgIpc) is 2.83. The number of esters is 1. The molecule has 7 nitrogen and oxygen atoms in total. The number of aromatic nitrogens is 2. The quantitative estimate of drug-likeness (QED) is 0.492. The van der Waals surface area contributed by atoms with Crippen molar-refractivity contribution in [1.29, 1.82) is 0 Å². The van der Waals surface area contributed by atoms with Crippen molar-refractivity contribution >= 4 is 11.9 Å². The van der Waals surface area contributed by atoms with Gasteiger partial charge >= 0.3 is 5.97 Å². The first-order valence-corrected chi connectivity index (χ1v) is 10.1. The van der Waals surface area contributed by atoms with E-state index in [0.29, 0.717) is 18.7 Å². The molecule has 31 heavy (non-hydrogen) atoms. The summed E-state index contributed by atoms with van der Waals surface area (Å²) < 4.78 is 4.75. The van der Waals surface area contributed by atoms with Crippen LogP contribution >= 0.6 is 0 Å². The molecular formula is C24H26N4O3. The Hall–Kier alpha value is -3.58. The summed E-state index contributed by atoms with van der Waals surface area (Å²) in [6.45, 7) is 1.12. The van der Waals surface area contributed by atoms with Gasteiger partial charge in [0.05, 0.1) is 12.7 Å². The predicted octanol–water partition coefficient (Wildman–Crippen LogP) is 2.50. The van der Waals surface area contributed by atoms with Crippen molar-refractivity contribution in [2.45, 2.75) is 18.9 Å². The van der Waals surface area contributed by atoms with Crippen molar-refractivity contribution in [3.63, 3.8) is 0 Å². The third kappa shape index (κ3) is 6.72. The zero-order chi connectivity index (χ0) is 21.9. The van der Waals surface area contributed by atoms with E-state index in [4.69, 9.17) is 4.74 Å². The highest BCUT2D eigenvalue weighted by Gasteiger charge is 2.20. The monoisotopic (exact) mass is 418 g/mol. The van der Waals surface area contributed by atoms with E-state index in [9.17, 15) is 9.59 Å². The molecule has 0 aliphatic heterocycles. The number of nitrogens with one attached hydrogen (secondary N) is 2. The highest BCUT2D eigenvalue weighted by Crippen LogP contribution is 2.15. The molecule has 160 valence electrons. The van der Waals surface area contributed by atoms with Gasteiger partial charge in [0.15, 0.2) is 0 Å². The van der Waals surface area contributed by atoms with E-state index >= 15 is 0 Å². The zero-order valence-corrected chi connectivity index (χ0v) is 17.5. The minimum absolute atomic E-state index is 0.119. The van der Waals surface area contributed by atoms with Crippen molar-refractivity contribution in [3.8, 4) is 0 Å². The van der Waals surface area contributed by atoms with Gasteiger partial charge in [-0.05, 0) is 59.9 Å². The molecule has 1 unspecified atom stereocenters. The van der Waals surface area contributed by atoms with Crippen LogP contribution in [0.15, 0.2) is 73.3 Å². The Labute approximate surface area is 181 Å². The number of hydrogen-bond donors (Lipinski definition) is 2. The fourth-order valence-corrected chi connectivity index (χ4v) is 3.18. The SMILES string of the molecule is COC(=O)c1ccc(C(NCCc2cccnc2)C(=O)NCCc2ccncc2)cc1. The molecule has 2 N–H and O–H groups in total. The summed E-state index contributed by atoms with van der Waals surface area (Å²) >= 11 is 0. The molecule has 1 aromatic carbocycles. The van der Waals surface area contributed by atoms with E-state index in [-0.39, 0.29) is 5.91 Å². The van der Waals surface area contributed by atoms with E-state index < -0.39 is 12.0 Å². The summed E-state index contributed by atoms with van der Waals surface area (Å²) in [5.41, 5.74) is 3.42. The number of carbonyl (C=O) groups is 2. The lowest BCUT2D eigenvalue weighted by Gasteiger charge is -2.19. The van der Waals surface area contributed by atoms with Gasteiger partial charge in [-0.25, -0.2) is 4.79 Å². The number of hydrogen-bond acceptors (Lipinski definition) is 6. The van der Waals surface area contributed by atoms with Crippen molar-refractivity contribution in [3.05, 3.63) is 95.6 Å². The third-order valence-electron chi connectivity index (χ3n) is 4.87. The van der Waals surface area contributed by atoms with Gasteiger partial charge in [-0.1, -0.05) is 18.2 Å². The maximum absolute atomic E-state index is 13.0. The van der Waals surface area contributed by atoms with Crippen molar-refractivity contribution in [2.75, 3.05) is 20.2 Å². The molecule has 0 fully saturated rings. The van der Waals surface area contributed by atoms with Gasteiger partial charge in [0, 0.05) is 37.9 Å². The molecule has 0 radical (unpaired) electrons. The number of methoxy groups -OCH3 is 1. The smallest absolute Gasteiger partial charge is 0.337 e. The molecule has 1 atom stereocenters. The summed E-state index contributed by atoms with van der Waals surface area (Å²) in [6.07, 6.45) is 8.49. The van der Waals surface area contributed by atoms with Crippen LogP contribution in [0.1, 0.15) is 33.1 Å². The van der Waals surface area contributed by atoms with Crippen molar-refractivity contribution in [2.24, 2.45) is 0 Å². The predicted molar refractivity (Wildman–Crippen MR) is 117 cm³/mol. The number of rotatable bonds is 10. The fraction of sp³-hybridized carbons (Fsp3) is 0.250. The van der Waals surface area contributed by atoms with Gasteiger partial charge in [0.25, 0.3) is 0 Å². The number of benzene rings is 1. The second kappa shape index (κ2) is 11.6. The normalized spacial score (nSPS) is 11.5. The molecule has 0 saturated heterocycles. The lowest BCUT2D eigenvalue weighted by atomic mass is 10.0. The molecule has 0 saturated carbocycles. The Kier molecular flexibility index (Phi) is 8.25. The van der Waals surface area contributed by atoms with Crippen LogP contribution in [0.5, 0.6) is 0 Å². The molecule has 3 aromatic rings. The highest BCUT2D eigenvalue weighted by atomic mass is 16.5. The largest absolute Gasteiger partial charge is 0.465 e. The lowest BCUT2D eigenvalue weighted by molar-refractivity contribution is -0.123. The van der Waals surface area contributed by atoms with Gasteiger partial charge in [0.2, 0.25) is 5.91 Å². The number of pyridine rings is 2. The zero-order valence-electron chi connectivity index (χ0n) is 17.5. The van der Waals surface area contributed by atoms with E-state index in [1.54, 1.807) is 42.9 Å². The molecule has 2 heterocycles. The van der Waals surface area contributed by atoms with Gasteiger partial charge in [0.1, 0.15) is 6.04 Å². The van der Waals surface area contributed by atoms with Gasteiger partial charge in [-0.3, -0.25) is 14.8 Å². The minimum Gasteiger partial charge on any atom is -0.465 e. The minimum atomic E-state index is -0.541. The van der Waals surface area contributed by atoms with Crippen LogP contribution in [0.4, 0.5) is 0 Å². The number of carbonyl (C=O) groups excluding carboxylic acids is 2. The van der Waals surface area contributed by atoms with E-state index in [1.165, 1.54) is 7.11 Å². The Morgan fingerprint density at radius 1 is 0.903 bits per heavy atom. The van der Waals surface area contributed by atoms with Crippen molar-refractivity contribution < 1.29 is 14.3 Å². The summed E-state index contributed by atoms with van der Waals surface area (Å²) in [5.74, 6) is -0.527. The number of amides is 1. The molecule has 0 aliphatic rings. The van der Waals surface area contributed by atoms with Crippen LogP contribution in [0, 0.1) is 0 Å². The lowest BCUT2D eigenvalue weighted by Crippen LogP contribution is -2.39. The summed E-state index contributed by atoms with van der Waals surface area (Å²) in [4.78, 5) is 32.8. The second-order valence-corrected chi connectivity index (χ2v) is 7.01. The van der Waals surface area contributed by atoms with Crippen LogP contribution in [0.25, 0.3) is 0 Å².